The normalized spacial score (nSPS) is 11.1. The summed E-state index contributed by atoms with van der Waals surface area (Å²) >= 11 is 0. The maximum absolute atomic E-state index is 13.0. The first-order chi connectivity index (χ1) is 9.36. The van der Waals surface area contributed by atoms with E-state index >= 15 is 0 Å². The van der Waals surface area contributed by atoms with Crippen LogP contribution in [0.4, 0.5) is 10.1 Å². The largest absolute Gasteiger partial charge is 0.322 e. The van der Waals surface area contributed by atoms with E-state index in [0.29, 0.717) is 5.69 Å². The highest BCUT2D eigenvalue weighted by molar-refractivity contribution is 7.90. The van der Waals surface area contributed by atoms with Gasteiger partial charge in [0, 0.05) is 17.5 Å². The van der Waals surface area contributed by atoms with Crippen LogP contribution >= 0.6 is 0 Å². The predicted octanol–water partition coefficient (Wildman–Crippen LogP) is 2.48. The van der Waals surface area contributed by atoms with Crippen LogP contribution in [-0.4, -0.2) is 20.6 Å². The monoisotopic (exact) mass is 293 g/mol. The minimum Gasteiger partial charge on any atom is -0.322 e. The van der Waals surface area contributed by atoms with E-state index in [-0.39, 0.29) is 10.5 Å². The summed E-state index contributed by atoms with van der Waals surface area (Å²) in [7, 11) is -3.38. The highest BCUT2D eigenvalue weighted by Crippen LogP contribution is 2.14. The minimum absolute atomic E-state index is 0.0596. The van der Waals surface area contributed by atoms with Gasteiger partial charge in [0.2, 0.25) is 0 Å². The molecular weight excluding hydrogens is 281 g/mol. The fourth-order valence-electron chi connectivity index (χ4n) is 1.64. The van der Waals surface area contributed by atoms with Crippen molar-refractivity contribution in [3.63, 3.8) is 0 Å². The molecule has 0 aromatic heterocycles. The second kappa shape index (κ2) is 5.42. The molecule has 2 aromatic rings. The average Bonchev–Trinajstić information content (AvgIpc) is 2.38. The molecule has 0 radical (unpaired) electrons. The lowest BCUT2D eigenvalue weighted by Crippen LogP contribution is -2.12. The van der Waals surface area contributed by atoms with E-state index in [2.05, 4.69) is 5.32 Å². The summed E-state index contributed by atoms with van der Waals surface area (Å²) in [5.41, 5.74) is 0.497. The third kappa shape index (κ3) is 3.42. The first kappa shape index (κ1) is 14.2. The van der Waals surface area contributed by atoms with Crippen molar-refractivity contribution < 1.29 is 17.6 Å². The summed E-state index contributed by atoms with van der Waals surface area (Å²) in [5, 5.41) is 2.50. The third-order valence-electron chi connectivity index (χ3n) is 2.61. The molecule has 0 fully saturated rings. The average molecular weight is 293 g/mol. The maximum atomic E-state index is 13.0. The Morgan fingerprint density at radius 3 is 2.45 bits per heavy atom. The Morgan fingerprint density at radius 1 is 1.10 bits per heavy atom. The second-order valence-electron chi connectivity index (χ2n) is 4.26. The van der Waals surface area contributed by atoms with Gasteiger partial charge in [0.15, 0.2) is 9.84 Å². The molecule has 0 unspecified atom stereocenters. The molecule has 0 aliphatic heterocycles. The zero-order valence-electron chi connectivity index (χ0n) is 10.6. The Hall–Kier alpha value is -2.21. The number of rotatable bonds is 3. The van der Waals surface area contributed by atoms with Crippen LogP contribution in [0.5, 0.6) is 0 Å². The molecule has 0 spiro atoms. The van der Waals surface area contributed by atoms with E-state index < -0.39 is 21.6 Å². The van der Waals surface area contributed by atoms with Crippen LogP contribution in [0.25, 0.3) is 0 Å². The molecule has 2 aromatic carbocycles. The minimum atomic E-state index is -3.38. The number of sulfone groups is 1. The lowest BCUT2D eigenvalue weighted by molar-refractivity contribution is 0.102. The van der Waals surface area contributed by atoms with Crippen molar-refractivity contribution in [3.8, 4) is 0 Å². The van der Waals surface area contributed by atoms with E-state index in [1.807, 2.05) is 0 Å². The summed E-state index contributed by atoms with van der Waals surface area (Å²) in [6.45, 7) is 0. The second-order valence-corrected chi connectivity index (χ2v) is 6.28. The molecular formula is C14H12FNO3S. The number of halogens is 1. The van der Waals surface area contributed by atoms with Gasteiger partial charge in [-0.25, -0.2) is 12.8 Å². The van der Waals surface area contributed by atoms with Crippen molar-refractivity contribution in [2.45, 2.75) is 4.90 Å². The van der Waals surface area contributed by atoms with E-state index in [1.165, 1.54) is 42.5 Å². The SMILES string of the molecule is CS(=O)(=O)c1cccc(C(=O)Nc2cccc(F)c2)c1. The topological polar surface area (TPSA) is 63.2 Å². The zero-order chi connectivity index (χ0) is 14.8. The highest BCUT2D eigenvalue weighted by atomic mass is 32.2. The summed E-state index contributed by atoms with van der Waals surface area (Å²) in [6.07, 6.45) is 1.07. The van der Waals surface area contributed by atoms with E-state index in [1.54, 1.807) is 6.07 Å². The summed E-state index contributed by atoms with van der Waals surface area (Å²) in [6, 6.07) is 11.1. The van der Waals surface area contributed by atoms with Crippen LogP contribution in [0.1, 0.15) is 10.4 Å². The van der Waals surface area contributed by atoms with Crippen LogP contribution < -0.4 is 5.32 Å². The molecule has 0 saturated heterocycles. The van der Waals surface area contributed by atoms with Gasteiger partial charge in [-0.15, -0.1) is 0 Å². The summed E-state index contributed by atoms with van der Waals surface area (Å²) in [4.78, 5) is 12.0. The smallest absolute Gasteiger partial charge is 0.255 e. The number of anilines is 1. The molecule has 0 heterocycles. The van der Waals surface area contributed by atoms with Gasteiger partial charge in [0.05, 0.1) is 4.90 Å². The fourth-order valence-corrected chi connectivity index (χ4v) is 2.30. The standard InChI is InChI=1S/C14H12FNO3S/c1-20(18,19)13-7-2-4-10(8-13)14(17)16-12-6-3-5-11(15)9-12/h2-9H,1H3,(H,16,17). The van der Waals surface area contributed by atoms with Crippen LogP contribution in [-0.2, 0) is 9.84 Å². The number of amides is 1. The van der Waals surface area contributed by atoms with E-state index in [4.69, 9.17) is 0 Å². The van der Waals surface area contributed by atoms with Crippen molar-refractivity contribution in [1.29, 1.82) is 0 Å². The van der Waals surface area contributed by atoms with Crippen molar-refractivity contribution in [2.75, 3.05) is 11.6 Å². The van der Waals surface area contributed by atoms with E-state index in [0.717, 1.165) is 6.26 Å². The Balaban J connectivity index is 2.26. The zero-order valence-corrected chi connectivity index (χ0v) is 11.4. The van der Waals surface area contributed by atoms with Gasteiger partial charge in [0.25, 0.3) is 5.91 Å². The van der Waals surface area contributed by atoms with Gasteiger partial charge >= 0.3 is 0 Å². The van der Waals surface area contributed by atoms with Crippen molar-refractivity contribution in [1.82, 2.24) is 0 Å². The maximum Gasteiger partial charge on any atom is 0.255 e. The van der Waals surface area contributed by atoms with Crippen molar-refractivity contribution in [3.05, 3.63) is 59.9 Å². The molecule has 0 bridgehead atoms. The Bertz CT molecular complexity index is 757. The molecule has 4 nitrogen and oxygen atoms in total. The van der Waals surface area contributed by atoms with Crippen LogP contribution in [0.3, 0.4) is 0 Å². The van der Waals surface area contributed by atoms with Gasteiger partial charge in [0.1, 0.15) is 5.82 Å². The van der Waals surface area contributed by atoms with Crippen LogP contribution in [0, 0.1) is 5.82 Å². The van der Waals surface area contributed by atoms with Crippen molar-refractivity contribution >= 4 is 21.4 Å². The van der Waals surface area contributed by atoms with Gasteiger partial charge < -0.3 is 5.32 Å². The van der Waals surface area contributed by atoms with Gasteiger partial charge in [-0.05, 0) is 36.4 Å². The molecule has 0 saturated carbocycles. The van der Waals surface area contributed by atoms with Crippen molar-refractivity contribution in [2.24, 2.45) is 0 Å². The number of hydrogen-bond donors (Lipinski definition) is 1. The molecule has 0 aliphatic carbocycles. The quantitative estimate of drug-likeness (QED) is 0.945. The number of carbonyl (C=O) groups excluding carboxylic acids is 1. The predicted molar refractivity (Wildman–Crippen MR) is 73.9 cm³/mol. The Labute approximate surface area is 116 Å². The first-order valence-corrected chi connectivity index (χ1v) is 7.62. The fraction of sp³-hybridized carbons (Fsp3) is 0.0714. The summed E-state index contributed by atoms with van der Waals surface area (Å²) in [5.74, 6) is -0.964. The number of hydrogen-bond acceptors (Lipinski definition) is 3. The number of carbonyl (C=O) groups is 1. The molecule has 2 rings (SSSR count). The first-order valence-electron chi connectivity index (χ1n) is 5.73. The van der Waals surface area contributed by atoms with E-state index in [9.17, 15) is 17.6 Å². The summed E-state index contributed by atoms with van der Waals surface area (Å²) < 4.78 is 35.9. The Morgan fingerprint density at radius 2 is 1.80 bits per heavy atom. The Kier molecular flexibility index (Phi) is 3.85. The van der Waals surface area contributed by atoms with Gasteiger partial charge in [-0.1, -0.05) is 12.1 Å². The van der Waals surface area contributed by atoms with Crippen LogP contribution in [0.2, 0.25) is 0 Å². The molecule has 6 heteroatoms. The molecule has 1 amide bonds. The highest BCUT2D eigenvalue weighted by Gasteiger charge is 2.11. The lowest BCUT2D eigenvalue weighted by Gasteiger charge is -2.06. The lowest BCUT2D eigenvalue weighted by atomic mass is 10.2. The third-order valence-corrected chi connectivity index (χ3v) is 3.72. The number of benzene rings is 2. The molecule has 1 N–H and O–H groups in total. The van der Waals surface area contributed by atoms with Crippen LogP contribution in [0.15, 0.2) is 53.4 Å². The molecule has 0 aliphatic rings. The van der Waals surface area contributed by atoms with Gasteiger partial charge in [-0.3, -0.25) is 4.79 Å². The molecule has 20 heavy (non-hydrogen) atoms. The molecule has 0 atom stereocenters. The van der Waals surface area contributed by atoms with Gasteiger partial charge in [-0.2, -0.15) is 0 Å². The molecule has 104 valence electrons. The number of nitrogens with one attached hydrogen (secondary N) is 1.